The third-order valence-electron chi connectivity index (χ3n) is 2.40. The fraction of sp³-hybridized carbons (Fsp3) is 0.0833. The molecule has 0 aliphatic heterocycles. The largest absolute Gasteiger partial charge is 0.384 e. The molecule has 0 aliphatic rings. The Morgan fingerprint density at radius 2 is 1.94 bits per heavy atom. The molecule has 4 heteroatoms. The lowest BCUT2D eigenvalue weighted by Crippen LogP contribution is -2.11. The standard InChI is InChI=1S/C12H13N3S/c13-11(8-4-2-1-3-5-8)10-6-9(7-16-10)12(14)15/h1-7,11H,13H2,(H3,14,15)/t11-/m0/s1. The van der Waals surface area contributed by atoms with Gasteiger partial charge in [-0.1, -0.05) is 30.3 Å². The Morgan fingerprint density at radius 1 is 1.25 bits per heavy atom. The van der Waals surface area contributed by atoms with Crippen molar-refractivity contribution in [2.45, 2.75) is 6.04 Å². The van der Waals surface area contributed by atoms with E-state index in [1.165, 1.54) is 11.3 Å². The van der Waals surface area contributed by atoms with Crippen LogP contribution in [0, 0.1) is 5.41 Å². The summed E-state index contributed by atoms with van der Waals surface area (Å²) in [5.41, 5.74) is 13.4. The first-order valence-electron chi connectivity index (χ1n) is 4.92. The third-order valence-corrected chi connectivity index (χ3v) is 3.41. The molecule has 82 valence electrons. The Labute approximate surface area is 98.2 Å². The van der Waals surface area contributed by atoms with Crippen molar-refractivity contribution < 1.29 is 0 Å². The molecule has 0 saturated heterocycles. The Kier molecular flexibility index (Phi) is 3.03. The van der Waals surface area contributed by atoms with E-state index in [0.717, 1.165) is 16.0 Å². The van der Waals surface area contributed by atoms with E-state index in [4.69, 9.17) is 16.9 Å². The minimum absolute atomic E-state index is 0.0859. The third kappa shape index (κ3) is 2.13. The van der Waals surface area contributed by atoms with E-state index in [1.807, 2.05) is 41.8 Å². The highest BCUT2D eigenvalue weighted by Gasteiger charge is 2.11. The Balaban J connectivity index is 2.27. The van der Waals surface area contributed by atoms with Crippen LogP contribution < -0.4 is 11.5 Å². The highest BCUT2D eigenvalue weighted by atomic mass is 32.1. The molecule has 0 saturated carbocycles. The molecule has 1 aromatic carbocycles. The summed E-state index contributed by atoms with van der Waals surface area (Å²) in [5.74, 6) is 0.0859. The number of benzene rings is 1. The first-order valence-corrected chi connectivity index (χ1v) is 5.80. The predicted molar refractivity (Wildman–Crippen MR) is 67.8 cm³/mol. The second kappa shape index (κ2) is 4.47. The number of hydrogen-bond acceptors (Lipinski definition) is 3. The van der Waals surface area contributed by atoms with Gasteiger partial charge < -0.3 is 11.5 Å². The van der Waals surface area contributed by atoms with Crippen molar-refractivity contribution in [2.75, 3.05) is 0 Å². The first-order chi connectivity index (χ1) is 7.68. The van der Waals surface area contributed by atoms with E-state index in [-0.39, 0.29) is 11.9 Å². The smallest absolute Gasteiger partial charge is 0.123 e. The quantitative estimate of drug-likeness (QED) is 0.558. The number of nitrogens with one attached hydrogen (secondary N) is 1. The molecule has 0 aliphatic carbocycles. The zero-order chi connectivity index (χ0) is 11.5. The maximum absolute atomic E-state index is 7.34. The van der Waals surface area contributed by atoms with E-state index in [1.54, 1.807) is 0 Å². The van der Waals surface area contributed by atoms with E-state index in [2.05, 4.69) is 0 Å². The maximum atomic E-state index is 7.34. The van der Waals surface area contributed by atoms with Crippen molar-refractivity contribution in [3.05, 3.63) is 57.8 Å². The van der Waals surface area contributed by atoms with Gasteiger partial charge in [0.15, 0.2) is 0 Å². The van der Waals surface area contributed by atoms with Crippen molar-refractivity contribution in [1.29, 1.82) is 5.41 Å². The Bertz CT molecular complexity index is 490. The van der Waals surface area contributed by atoms with Gasteiger partial charge in [0.25, 0.3) is 0 Å². The molecular formula is C12H13N3S. The monoisotopic (exact) mass is 231 g/mol. The highest BCUT2D eigenvalue weighted by molar-refractivity contribution is 7.10. The van der Waals surface area contributed by atoms with Gasteiger partial charge in [-0.3, -0.25) is 5.41 Å². The average molecular weight is 231 g/mol. The summed E-state index contributed by atoms with van der Waals surface area (Å²) in [6.45, 7) is 0. The molecule has 3 nitrogen and oxygen atoms in total. The van der Waals surface area contributed by atoms with Crippen molar-refractivity contribution in [2.24, 2.45) is 11.5 Å². The molecule has 0 unspecified atom stereocenters. The molecule has 1 atom stereocenters. The maximum Gasteiger partial charge on any atom is 0.123 e. The van der Waals surface area contributed by atoms with Gasteiger partial charge in [-0.25, -0.2) is 0 Å². The summed E-state index contributed by atoms with van der Waals surface area (Å²) in [6.07, 6.45) is 0. The molecule has 0 fully saturated rings. The molecule has 16 heavy (non-hydrogen) atoms. The minimum atomic E-state index is -0.140. The summed E-state index contributed by atoms with van der Waals surface area (Å²) in [7, 11) is 0. The Hall–Kier alpha value is -1.65. The van der Waals surface area contributed by atoms with E-state index < -0.39 is 0 Å². The van der Waals surface area contributed by atoms with Crippen LogP contribution in [0.4, 0.5) is 0 Å². The molecule has 0 radical (unpaired) electrons. The fourth-order valence-electron chi connectivity index (χ4n) is 1.48. The normalized spacial score (nSPS) is 12.3. The predicted octanol–water partition coefficient (Wildman–Crippen LogP) is 2.08. The summed E-state index contributed by atoms with van der Waals surface area (Å²) < 4.78 is 0. The zero-order valence-electron chi connectivity index (χ0n) is 8.68. The van der Waals surface area contributed by atoms with Gasteiger partial charge in [0.1, 0.15) is 5.84 Å². The summed E-state index contributed by atoms with van der Waals surface area (Å²) in [4.78, 5) is 1.02. The molecule has 0 spiro atoms. The summed E-state index contributed by atoms with van der Waals surface area (Å²) >= 11 is 1.53. The van der Waals surface area contributed by atoms with Gasteiger partial charge in [0.05, 0.1) is 6.04 Å². The lowest BCUT2D eigenvalue weighted by molar-refractivity contribution is 0.893. The van der Waals surface area contributed by atoms with Gasteiger partial charge in [-0.2, -0.15) is 0 Å². The average Bonchev–Trinajstić information content (AvgIpc) is 2.78. The number of nitrogens with two attached hydrogens (primary N) is 2. The van der Waals surface area contributed by atoms with E-state index in [9.17, 15) is 0 Å². The van der Waals surface area contributed by atoms with Crippen LogP contribution >= 0.6 is 11.3 Å². The molecule has 5 N–H and O–H groups in total. The van der Waals surface area contributed by atoms with E-state index in [0.29, 0.717) is 0 Å². The minimum Gasteiger partial charge on any atom is -0.384 e. The van der Waals surface area contributed by atoms with Crippen LogP contribution in [-0.4, -0.2) is 5.84 Å². The van der Waals surface area contributed by atoms with Crippen LogP contribution in [0.5, 0.6) is 0 Å². The van der Waals surface area contributed by atoms with Crippen molar-refractivity contribution in [3.8, 4) is 0 Å². The molecule has 1 aromatic heterocycles. The van der Waals surface area contributed by atoms with E-state index >= 15 is 0 Å². The summed E-state index contributed by atoms with van der Waals surface area (Å²) in [5, 5.41) is 9.20. The van der Waals surface area contributed by atoms with Gasteiger partial charge in [-0.05, 0) is 11.6 Å². The van der Waals surface area contributed by atoms with Crippen LogP contribution in [0.1, 0.15) is 22.0 Å². The topological polar surface area (TPSA) is 75.9 Å². The van der Waals surface area contributed by atoms with Crippen LogP contribution in [0.15, 0.2) is 41.8 Å². The number of amidine groups is 1. The van der Waals surface area contributed by atoms with Crippen LogP contribution in [0.25, 0.3) is 0 Å². The van der Waals surface area contributed by atoms with Crippen LogP contribution in [0.2, 0.25) is 0 Å². The number of nitrogen functional groups attached to an aromatic ring is 1. The van der Waals surface area contributed by atoms with Crippen LogP contribution in [0.3, 0.4) is 0 Å². The highest BCUT2D eigenvalue weighted by Crippen LogP contribution is 2.25. The number of hydrogen-bond donors (Lipinski definition) is 3. The lowest BCUT2D eigenvalue weighted by Gasteiger charge is -2.09. The lowest BCUT2D eigenvalue weighted by atomic mass is 10.1. The molecule has 0 amide bonds. The molecule has 2 aromatic rings. The summed E-state index contributed by atoms with van der Waals surface area (Å²) in [6, 6.07) is 11.6. The van der Waals surface area contributed by atoms with Crippen LogP contribution in [-0.2, 0) is 0 Å². The number of rotatable bonds is 3. The van der Waals surface area contributed by atoms with Crippen molar-refractivity contribution >= 4 is 17.2 Å². The van der Waals surface area contributed by atoms with Gasteiger partial charge in [0, 0.05) is 15.8 Å². The fourth-order valence-corrected chi connectivity index (χ4v) is 2.42. The van der Waals surface area contributed by atoms with Crippen molar-refractivity contribution in [1.82, 2.24) is 0 Å². The zero-order valence-corrected chi connectivity index (χ0v) is 9.50. The van der Waals surface area contributed by atoms with Gasteiger partial charge in [-0.15, -0.1) is 11.3 Å². The molecular weight excluding hydrogens is 218 g/mol. The second-order valence-corrected chi connectivity index (χ2v) is 4.48. The SMILES string of the molecule is N=C(N)c1csc([C@@H](N)c2ccccc2)c1. The molecule has 2 rings (SSSR count). The van der Waals surface area contributed by atoms with Gasteiger partial charge >= 0.3 is 0 Å². The second-order valence-electron chi connectivity index (χ2n) is 3.54. The first kappa shape index (κ1) is 10.9. The number of thiophene rings is 1. The Morgan fingerprint density at radius 3 is 2.50 bits per heavy atom. The molecule has 1 heterocycles. The van der Waals surface area contributed by atoms with Gasteiger partial charge in [0.2, 0.25) is 0 Å². The molecule has 0 bridgehead atoms. The van der Waals surface area contributed by atoms with Crippen molar-refractivity contribution in [3.63, 3.8) is 0 Å².